The summed E-state index contributed by atoms with van der Waals surface area (Å²) in [7, 11) is 0. The van der Waals surface area contributed by atoms with Gasteiger partial charge in [-0.1, -0.05) is 19.3 Å². The Bertz CT molecular complexity index is 380. The molecular weight excluding hydrogens is 250 g/mol. The molecule has 0 radical (unpaired) electrons. The van der Waals surface area contributed by atoms with E-state index >= 15 is 0 Å². The highest BCUT2D eigenvalue weighted by Gasteiger charge is 2.67. The molecule has 0 aromatic carbocycles. The first-order valence-electron chi connectivity index (χ1n) is 8.71. The van der Waals surface area contributed by atoms with Crippen molar-refractivity contribution in [3.8, 4) is 0 Å². The number of rotatable bonds is 3. The van der Waals surface area contributed by atoms with Gasteiger partial charge in [0.25, 0.3) is 0 Å². The average Bonchev–Trinajstić information content (AvgIpc) is 3.01. The lowest BCUT2D eigenvalue weighted by Crippen LogP contribution is -2.42. The molecule has 3 heteroatoms. The van der Waals surface area contributed by atoms with Gasteiger partial charge in [-0.2, -0.15) is 0 Å². The van der Waals surface area contributed by atoms with Gasteiger partial charge < -0.3 is 10.4 Å². The second-order valence-corrected chi connectivity index (χ2v) is 7.71. The number of fused-ring (bicyclic) bond motifs is 5. The Labute approximate surface area is 121 Å². The van der Waals surface area contributed by atoms with Crippen LogP contribution in [0.5, 0.6) is 0 Å². The maximum absolute atomic E-state index is 12.6. The summed E-state index contributed by atoms with van der Waals surface area (Å²) in [4.78, 5) is 12.6. The van der Waals surface area contributed by atoms with E-state index in [0.717, 1.165) is 36.5 Å². The summed E-state index contributed by atoms with van der Waals surface area (Å²) in [6, 6.07) is 0.231. The third-order valence-electron chi connectivity index (χ3n) is 6.76. The highest BCUT2D eigenvalue weighted by Crippen LogP contribution is 2.69. The van der Waals surface area contributed by atoms with E-state index < -0.39 is 0 Å². The Hall–Kier alpha value is -0.570. The molecule has 0 spiro atoms. The van der Waals surface area contributed by atoms with Crippen LogP contribution in [-0.2, 0) is 4.79 Å². The van der Waals surface area contributed by atoms with Crippen LogP contribution < -0.4 is 5.32 Å². The lowest BCUT2D eigenvalue weighted by Gasteiger charge is -2.25. The summed E-state index contributed by atoms with van der Waals surface area (Å²) in [6.45, 7) is 0.230. The fourth-order valence-electron chi connectivity index (χ4n) is 5.75. The molecule has 4 rings (SSSR count). The van der Waals surface area contributed by atoms with Gasteiger partial charge in [-0.05, 0) is 55.8 Å². The van der Waals surface area contributed by atoms with Crippen molar-refractivity contribution in [3.05, 3.63) is 0 Å². The first-order chi connectivity index (χ1) is 9.79. The van der Waals surface area contributed by atoms with Gasteiger partial charge in [0.2, 0.25) is 5.91 Å². The second-order valence-electron chi connectivity index (χ2n) is 7.71. The van der Waals surface area contributed by atoms with Crippen LogP contribution in [0.2, 0.25) is 0 Å². The van der Waals surface area contributed by atoms with E-state index in [1.54, 1.807) is 0 Å². The van der Waals surface area contributed by atoms with E-state index in [-0.39, 0.29) is 18.6 Å². The van der Waals surface area contributed by atoms with E-state index in [4.69, 9.17) is 0 Å². The normalized spacial score (nSPS) is 49.5. The first kappa shape index (κ1) is 13.1. The Kier molecular flexibility index (Phi) is 3.29. The summed E-state index contributed by atoms with van der Waals surface area (Å²) < 4.78 is 0. The van der Waals surface area contributed by atoms with Gasteiger partial charge in [-0.3, -0.25) is 4.79 Å². The second kappa shape index (κ2) is 5.01. The zero-order valence-electron chi connectivity index (χ0n) is 12.3. The SMILES string of the molecule is O=C(NC1CCCCCC1CO)C1C2C3CCC(C3)C12. The number of nitrogens with one attached hydrogen (secondary N) is 1. The molecule has 0 heterocycles. The van der Waals surface area contributed by atoms with Crippen molar-refractivity contribution in [1.82, 2.24) is 5.32 Å². The van der Waals surface area contributed by atoms with Crippen molar-refractivity contribution in [3.63, 3.8) is 0 Å². The van der Waals surface area contributed by atoms with Gasteiger partial charge in [-0.15, -0.1) is 0 Å². The highest BCUT2D eigenvalue weighted by atomic mass is 16.3. The Morgan fingerprint density at radius 2 is 1.70 bits per heavy atom. The number of hydrogen-bond acceptors (Lipinski definition) is 2. The summed E-state index contributed by atoms with van der Waals surface area (Å²) in [5.41, 5.74) is 0. The van der Waals surface area contributed by atoms with Crippen molar-refractivity contribution < 1.29 is 9.90 Å². The predicted molar refractivity (Wildman–Crippen MR) is 76.9 cm³/mol. The third kappa shape index (κ3) is 2.01. The molecule has 1 amide bonds. The number of aliphatic hydroxyl groups excluding tert-OH is 1. The average molecular weight is 277 g/mol. The number of amides is 1. The van der Waals surface area contributed by atoms with Crippen LogP contribution in [0.3, 0.4) is 0 Å². The molecule has 112 valence electrons. The highest BCUT2D eigenvalue weighted by molar-refractivity contribution is 5.83. The maximum Gasteiger partial charge on any atom is 0.223 e. The van der Waals surface area contributed by atoms with Crippen LogP contribution in [0, 0.1) is 35.5 Å². The standard InChI is InChI=1S/C17H27NO2/c19-9-12-4-2-1-3-5-13(12)18-17(20)16-14-10-6-7-11(8-10)15(14)16/h10-16,19H,1-9H2,(H,18,20). The molecule has 2 bridgehead atoms. The minimum Gasteiger partial charge on any atom is -0.396 e. The first-order valence-corrected chi connectivity index (χ1v) is 8.71. The molecule has 0 aliphatic heterocycles. The van der Waals surface area contributed by atoms with E-state index in [9.17, 15) is 9.90 Å². The summed E-state index contributed by atoms with van der Waals surface area (Å²) in [5, 5.41) is 12.9. The zero-order chi connectivity index (χ0) is 13.7. The molecule has 20 heavy (non-hydrogen) atoms. The number of carbonyl (C=O) groups excluding carboxylic acids is 1. The zero-order valence-corrected chi connectivity index (χ0v) is 12.3. The molecule has 2 N–H and O–H groups in total. The molecule has 6 unspecified atom stereocenters. The van der Waals surface area contributed by atoms with Crippen LogP contribution in [0.1, 0.15) is 51.4 Å². The molecule has 4 fully saturated rings. The summed E-state index contributed by atoms with van der Waals surface area (Å²) in [6.07, 6.45) is 9.94. The van der Waals surface area contributed by atoms with Crippen molar-refractivity contribution >= 4 is 5.91 Å². The smallest absolute Gasteiger partial charge is 0.223 e. The van der Waals surface area contributed by atoms with Crippen LogP contribution in [0.15, 0.2) is 0 Å². The van der Waals surface area contributed by atoms with Crippen molar-refractivity contribution in [1.29, 1.82) is 0 Å². The molecule has 4 aliphatic carbocycles. The fourth-order valence-corrected chi connectivity index (χ4v) is 5.75. The largest absolute Gasteiger partial charge is 0.396 e. The molecule has 6 atom stereocenters. The van der Waals surface area contributed by atoms with Gasteiger partial charge in [0, 0.05) is 24.5 Å². The monoisotopic (exact) mass is 277 g/mol. The third-order valence-corrected chi connectivity index (χ3v) is 6.76. The van der Waals surface area contributed by atoms with Gasteiger partial charge >= 0.3 is 0 Å². The van der Waals surface area contributed by atoms with Gasteiger partial charge in [0.05, 0.1) is 0 Å². The quantitative estimate of drug-likeness (QED) is 0.778. The van der Waals surface area contributed by atoms with E-state index in [2.05, 4.69) is 5.32 Å². The van der Waals surface area contributed by atoms with Crippen LogP contribution in [0.4, 0.5) is 0 Å². The molecular formula is C17H27NO2. The number of aliphatic hydroxyl groups is 1. The molecule has 0 aromatic rings. The van der Waals surface area contributed by atoms with Crippen molar-refractivity contribution in [2.24, 2.45) is 35.5 Å². The minimum atomic E-state index is 0.230. The number of carbonyl (C=O) groups is 1. The van der Waals surface area contributed by atoms with Gasteiger partial charge in [0.1, 0.15) is 0 Å². The molecule has 0 saturated heterocycles. The van der Waals surface area contributed by atoms with Gasteiger partial charge in [0.15, 0.2) is 0 Å². The van der Waals surface area contributed by atoms with Crippen LogP contribution in [0.25, 0.3) is 0 Å². The Morgan fingerprint density at radius 1 is 1.00 bits per heavy atom. The van der Waals surface area contributed by atoms with Gasteiger partial charge in [-0.25, -0.2) is 0 Å². The van der Waals surface area contributed by atoms with E-state index in [1.807, 2.05) is 0 Å². The van der Waals surface area contributed by atoms with Crippen LogP contribution >= 0.6 is 0 Å². The maximum atomic E-state index is 12.6. The van der Waals surface area contributed by atoms with E-state index in [1.165, 1.54) is 38.5 Å². The predicted octanol–water partition coefficient (Wildman–Crippen LogP) is 2.34. The molecule has 0 aromatic heterocycles. The molecule has 4 saturated carbocycles. The minimum absolute atomic E-state index is 0.230. The molecule has 4 aliphatic rings. The molecule has 3 nitrogen and oxygen atoms in total. The lowest BCUT2D eigenvalue weighted by atomic mass is 9.94. The lowest BCUT2D eigenvalue weighted by molar-refractivity contribution is -0.124. The number of hydrogen-bond donors (Lipinski definition) is 2. The fraction of sp³-hybridized carbons (Fsp3) is 0.941. The van der Waals surface area contributed by atoms with Crippen LogP contribution in [-0.4, -0.2) is 23.7 Å². The summed E-state index contributed by atoms with van der Waals surface area (Å²) in [5.74, 6) is 4.13. The van der Waals surface area contributed by atoms with Crippen molar-refractivity contribution in [2.45, 2.75) is 57.4 Å². The Morgan fingerprint density at radius 3 is 2.40 bits per heavy atom. The van der Waals surface area contributed by atoms with Crippen molar-refractivity contribution in [2.75, 3.05) is 6.61 Å². The van der Waals surface area contributed by atoms with E-state index in [0.29, 0.717) is 11.8 Å². The topological polar surface area (TPSA) is 49.3 Å². The summed E-state index contributed by atoms with van der Waals surface area (Å²) >= 11 is 0. The Balaban J connectivity index is 1.38.